The van der Waals surface area contributed by atoms with Gasteiger partial charge < -0.3 is 14.4 Å². The molecule has 7 heteroatoms. The molecule has 7 nitrogen and oxygen atoms in total. The molecule has 0 aliphatic carbocycles. The zero-order valence-electron chi connectivity index (χ0n) is 14.4. The summed E-state index contributed by atoms with van der Waals surface area (Å²) in [5, 5.41) is 8.28. The second-order valence-electron chi connectivity index (χ2n) is 5.89. The van der Waals surface area contributed by atoms with Crippen LogP contribution in [0.4, 0.5) is 0 Å². The van der Waals surface area contributed by atoms with Gasteiger partial charge in [0.05, 0.1) is 18.8 Å². The van der Waals surface area contributed by atoms with E-state index in [2.05, 4.69) is 24.2 Å². The molecule has 130 valence electrons. The molecule has 0 unspecified atom stereocenters. The Morgan fingerprint density at radius 3 is 2.74 bits per heavy atom. The molecule has 23 heavy (non-hydrogen) atoms. The van der Waals surface area contributed by atoms with Crippen molar-refractivity contribution in [3.63, 3.8) is 0 Å². The summed E-state index contributed by atoms with van der Waals surface area (Å²) in [5.74, 6) is -0.0611. The third kappa shape index (κ3) is 4.51. The highest BCUT2D eigenvalue weighted by Gasteiger charge is 2.26. The highest BCUT2D eigenvalue weighted by atomic mass is 16.5. The predicted octanol–water partition coefficient (Wildman–Crippen LogP) is 1.91. The first kappa shape index (κ1) is 17.9. The summed E-state index contributed by atoms with van der Waals surface area (Å²) in [6.45, 7) is 6.77. The van der Waals surface area contributed by atoms with Crippen LogP contribution in [-0.2, 0) is 9.47 Å². The highest BCUT2D eigenvalue weighted by molar-refractivity contribution is 5.92. The largest absolute Gasteiger partial charge is 0.383 e. The predicted molar refractivity (Wildman–Crippen MR) is 86.4 cm³/mol. The van der Waals surface area contributed by atoms with Crippen molar-refractivity contribution in [2.75, 3.05) is 33.5 Å². The van der Waals surface area contributed by atoms with Gasteiger partial charge in [-0.2, -0.15) is 0 Å². The quantitative estimate of drug-likeness (QED) is 0.730. The molecular formula is C16H28N4O3. The third-order valence-corrected chi connectivity index (χ3v) is 4.47. The standard InChI is InChI=1S/C16H28N4O3/c1-4-13(5-2)19(8-11-22-3)16(21)15-12-20(18-17-15)14-6-9-23-10-7-14/h12-14H,4-11H2,1-3H3. The number of ether oxygens (including phenoxy) is 2. The van der Waals surface area contributed by atoms with E-state index in [0.717, 1.165) is 38.9 Å². The van der Waals surface area contributed by atoms with Crippen molar-refractivity contribution in [1.82, 2.24) is 19.9 Å². The average Bonchev–Trinajstić information content (AvgIpc) is 3.09. The van der Waals surface area contributed by atoms with Crippen molar-refractivity contribution >= 4 is 5.91 Å². The molecule has 1 amide bonds. The molecule has 1 fully saturated rings. The van der Waals surface area contributed by atoms with Crippen molar-refractivity contribution in [2.24, 2.45) is 0 Å². The van der Waals surface area contributed by atoms with Crippen LogP contribution in [0.3, 0.4) is 0 Å². The number of methoxy groups -OCH3 is 1. The Hall–Kier alpha value is -1.47. The fraction of sp³-hybridized carbons (Fsp3) is 0.812. The zero-order chi connectivity index (χ0) is 16.7. The van der Waals surface area contributed by atoms with Crippen molar-refractivity contribution in [3.05, 3.63) is 11.9 Å². The minimum Gasteiger partial charge on any atom is -0.383 e. The van der Waals surface area contributed by atoms with E-state index < -0.39 is 0 Å². The van der Waals surface area contributed by atoms with Gasteiger partial charge in [0.15, 0.2) is 5.69 Å². The van der Waals surface area contributed by atoms with Gasteiger partial charge in [-0.1, -0.05) is 19.1 Å². The number of carbonyl (C=O) groups is 1. The van der Waals surface area contributed by atoms with E-state index >= 15 is 0 Å². The summed E-state index contributed by atoms with van der Waals surface area (Å²) in [5.41, 5.74) is 0.416. The molecule has 0 aromatic carbocycles. The van der Waals surface area contributed by atoms with Crippen molar-refractivity contribution < 1.29 is 14.3 Å². The van der Waals surface area contributed by atoms with Crippen LogP contribution >= 0.6 is 0 Å². The molecule has 0 atom stereocenters. The van der Waals surface area contributed by atoms with Crippen molar-refractivity contribution in [1.29, 1.82) is 0 Å². The van der Waals surface area contributed by atoms with E-state index in [4.69, 9.17) is 9.47 Å². The Bertz CT molecular complexity index is 481. The summed E-state index contributed by atoms with van der Waals surface area (Å²) < 4.78 is 12.3. The fourth-order valence-corrected chi connectivity index (χ4v) is 3.02. The lowest BCUT2D eigenvalue weighted by Crippen LogP contribution is -2.42. The minimum absolute atomic E-state index is 0.0611. The van der Waals surface area contributed by atoms with Crippen LogP contribution in [0.5, 0.6) is 0 Å². The maximum Gasteiger partial charge on any atom is 0.276 e. The Kier molecular flexibility index (Phi) is 6.98. The van der Waals surface area contributed by atoms with Crippen LogP contribution < -0.4 is 0 Å². The van der Waals surface area contributed by atoms with Gasteiger partial charge in [-0.15, -0.1) is 5.10 Å². The summed E-state index contributed by atoms with van der Waals surface area (Å²) in [7, 11) is 1.65. The number of carbonyl (C=O) groups excluding carboxylic acids is 1. The van der Waals surface area contributed by atoms with Gasteiger partial charge in [-0.3, -0.25) is 4.79 Å². The maximum absolute atomic E-state index is 12.8. The van der Waals surface area contributed by atoms with Gasteiger partial charge in [-0.05, 0) is 25.7 Å². The molecule has 1 aliphatic heterocycles. The lowest BCUT2D eigenvalue weighted by atomic mass is 10.1. The Balaban J connectivity index is 2.10. The number of amides is 1. The van der Waals surface area contributed by atoms with Gasteiger partial charge in [0, 0.05) is 32.9 Å². The molecule has 1 aromatic rings. The van der Waals surface area contributed by atoms with Crippen LogP contribution in [0.15, 0.2) is 6.20 Å². The van der Waals surface area contributed by atoms with Gasteiger partial charge in [0.25, 0.3) is 5.91 Å². The lowest BCUT2D eigenvalue weighted by molar-refractivity contribution is 0.0583. The molecule has 0 saturated carbocycles. The monoisotopic (exact) mass is 324 g/mol. The number of hydrogen-bond acceptors (Lipinski definition) is 5. The number of nitrogens with zero attached hydrogens (tertiary/aromatic N) is 4. The maximum atomic E-state index is 12.8. The van der Waals surface area contributed by atoms with Gasteiger partial charge in [0.1, 0.15) is 0 Å². The molecule has 0 spiro atoms. The second-order valence-corrected chi connectivity index (χ2v) is 5.89. The average molecular weight is 324 g/mol. The molecular weight excluding hydrogens is 296 g/mol. The first-order valence-corrected chi connectivity index (χ1v) is 8.50. The summed E-state index contributed by atoms with van der Waals surface area (Å²) in [6.07, 6.45) is 5.44. The van der Waals surface area contributed by atoms with Crippen LogP contribution in [0.1, 0.15) is 56.1 Å². The number of rotatable bonds is 8. The molecule has 0 bridgehead atoms. The van der Waals surface area contributed by atoms with E-state index in [1.165, 1.54) is 0 Å². The molecule has 1 aliphatic rings. The van der Waals surface area contributed by atoms with E-state index in [9.17, 15) is 4.79 Å². The van der Waals surface area contributed by atoms with Crippen LogP contribution in [0, 0.1) is 0 Å². The van der Waals surface area contributed by atoms with E-state index in [-0.39, 0.29) is 18.0 Å². The Morgan fingerprint density at radius 2 is 2.13 bits per heavy atom. The number of aromatic nitrogens is 3. The Labute approximate surface area is 137 Å². The highest BCUT2D eigenvalue weighted by Crippen LogP contribution is 2.20. The topological polar surface area (TPSA) is 69.5 Å². The lowest BCUT2D eigenvalue weighted by Gasteiger charge is -2.29. The molecule has 0 N–H and O–H groups in total. The minimum atomic E-state index is -0.0611. The van der Waals surface area contributed by atoms with Crippen LogP contribution in [0.25, 0.3) is 0 Å². The first-order valence-electron chi connectivity index (χ1n) is 8.50. The van der Waals surface area contributed by atoms with Gasteiger partial charge in [-0.25, -0.2) is 4.68 Å². The van der Waals surface area contributed by atoms with Gasteiger partial charge >= 0.3 is 0 Å². The fourth-order valence-electron chi connectivity index (χ4n) is 3.02. The molecule has 1 aromatic heterocycles. The van der Waals surface area contributed by atoms with E-state index in [0.29, 0.717) is 18.8 Å². The number of hydrogen-bond donors (Lipinski definition) is 0. The summed E-state index contributed by atoms with van der Waals surface area (Å²) >= 11 is 0. The zero-order valence-corrected chi connectivity index (χ0v) is 14.4. The van der Waals surface area contributed by atoms with Crippen LogP contribution in [-0.4, -0.2) is 65.3 Å². The van der Waals surface area contributed by atoms with Crippen LogP contribution in [0.2, 0.25) is 0 Å². The molecule has 1 saturated heterocycles. The smallest absolute Gasteiger partial charge is 0.276 e. The summed E-state index contributed by atoms with van der Waals surface area (Å²) in [4.78, 5) is 14.7. The van der Waals surface area contributed by atoms with Crippen molar-refractivity contribution in [2.45, 2.75) is 51.6 Å². The summed E-state index contributed by atoms with van der Waals surface area (Å²) in [6, 6.07) is 0.476. The second kappa shape index (κ2) is 8.98. The SMILES string of the molecule is CCC(CC)N(CCOC)C(=O)c1cn(C2CCOCC2)nn1. The Morgan fingerprint density at radius 1 is 1.43 bits per heavy atom. The molecule has 0 radical (unpaired) electrons. The van der Waals surface area contributed by atoms with E-state index in [1.54, 1.807) is 13.3 Å². The normalized spacial score (nSPS) is 16.0. The first-order chi connectivity index (χ1) is 11.2. The third-order valence-electron chi connectivity index (χ3n) is 4.47. The van der Waals surface area contributed by atoms with Crippen molar-refractivity contribution in [3.8, 4) is 0 Å². The molecule has 2 rings (SSSR count). The molecule has 2 heterocycles. The van der Waals surface area contributed by atoms with Gasteiger partial charge in [0.2, 0.25) is 0 Å². The van der Waals surface area contributed by atoms with E-state index in [1.807, 2.05) is 9.58 Å².